The van der Waals surface area contributed by atoms with Gasteiger partial charge >= 0.3 is 0 Å². The molecule has 4 heteroatoms. The van der Waals surface area contributed by atoms with Crippen molar-refractivity contribution >= 4 is 21.7 Å². The highest BCUT2D eigenvalue weighted by Gasteiger charge is 2.38. The van der Waals surface area contributed by atoms with Crippen LogP contribution in [0, 0.1) is 0 Å². The topological polar surface area (TPSA) is 25.4 Å². The lowest BCUT2D eigenvalue weighted by atomic mass is 9.99. The summed E-state index contributed by atoms with van der Waals surface area (Å²) in [4.78, 5) is 6.85. The molecule has 0 spiro atoms. The van der Waals surface area contributed by atoms with Crippen LogP contribution in [-0.2, 0) is 10.1 Å². The maximum Gasteiger partial charge on any atom is 0.128 e. The average molecular weight is 313 g/mol. The van der Waals surface area contributed by atoms with Crippen LogP contribution in [0.25, 0.3) is 0 Å². The van der Waals surface area contributed by atoms with E-state index in [9.17, 15) is 0 Å². The molecule has 100 valence electrons. The zero-order valence-corrected chi connectivity index (χ0v) is 13.1. The van der Waals surface area contributed by atoms with E-state index in [0.717, 1.165) is 24.2 Å². The number of ether oxygens (including phenoxy) is 1. The number of pyridine rings is 1. The van der Waals surface area contributed by atoms with Crippen molar-refractivity contribution in [2.75, 3.05) is 18.0 Å². The van der Waals surface area contributed by atoms with Crippen molar-refractivity contribution in [1.29, 1.82) is 0 Å². The molecule has 0 aromatic carbocycles. The lowest BCUT2D eigenvalue weighted by Crippen LogP contribution is -2.57. The fourth-order valence-corrected chi connectivity index (χ4v) is 2.96. The molecule has 0 saturated carbocycles. The van der Waals surface area contributed by atoms with Gasteiger partial charge in [0.1, 0.15) is 5.82 Å². The number of nitrogens with zero attached hydrogens (tertiary/aromatic N) is 2. The largest absolute Gasteiger partial charge is 0.366 e. The molecule has 0 unspecified atom stereocenters. The highest BCUT2D eigenvalue weighted by Crippen LogP contribution is 2.30. The minimum atomic E-state index is -0.141. The van der Waals surface area contributed by atoms with Gasteiger partial charge in [0.25, 0.3) is 0 Å². The Kier molecular flexibility index (Phi) is 3.70. The molecule has 18 heavy (non-hydrogen) atoms. The summed E-state index contributed by atoms with van der Waals surface area (Å²) in [5.74, 6) is 1.03. The third-order valence-electron chi connectivity index (χ3n) is 2.98. The number of aromatic nitrogens is 1. The van der Waals surface area contributed by atoms with Crippen LogP contribution >= 0.6 is 15.9 Å². The smallest absolute Gasteiger partial charge is 0.128 e. The SMILES string of the molecule is CC1(C)CN(c2ccc(CBr)cn2)CC(C)(C)O1. The van der Waals surface area contributed by atoms with Crippen molar-refractivity contribution in [3.63, 3.8) is 0 Å². The third kappa shape index (κ3) is 3.23. The Morgan fingerprint density at radius 3 is 2.28 bits per heavy atom. The number of anilines is 1. The summed E-state index contributed by atoms with van der Waals surface area (Å²) in [6.07, 6.45) is 1.93. The van der Waals surface area contributed by atoms with Gasteiger partial charge in [-0.05, 0) is 39.3 Å². The van der Waals surface area contributed by atoms with Crippen LogP contribution in [0.4, 0.5) is 5.82 Å². The van der Waals surface area contributed by atoms with Gasteiger partial charge in [-0.15, -0.1) is 0 Å². The molecule has 1 saturated heterocycles. The molecule has 1 aliphatic heterocycles. The molecule has 1 aromatic rings. The molecule has 0 N–H and O–H groups in total. The van der Waals surface area contributed by atoms with E-state index in [4.69, 9.17) is 4.74 Å². The van der Waals surface area contributed by atoms with Crippen molar-refractivity contribution in [2.24, 2.45) is 0 Å². The van der Waals surface area contributed by atoms with E-state index in [1.54, 1.807) is 0 Å². The van der Waals surface area contributed by atoms with Crippen molar-refractivity contribution in [3.8, 4) is 0 Å². The van der Waals surface area contributed by atoms with Crippen LogP contribution in [0.3, 0.4) is 0 Å². The zero-order chi connectivity index (χ0) is 13.4. The average Bonchev–Trinajstić information content (AvgIpc) is 2.25. The van der Waals surface area contributed by atoms with E-state index >= 15 is 0 Å². The van der Waals surface area contributed by atoms with Gasteiger partial charge in [0, 0.05) is 24.6 Å². The molecular formula is C14H21BrN2O. The quantitative estimate of drug-likeness (QED) is 0.783. The lowest BCUT2D eigenvalue weighted by molar-refractivity contribution is -0.133. The first-order valence-electron chi connectivity index (χ1n) is 6.27. The van der Waals surface area contributed by atoms with E-state index in [-0.39, 0.29) is 11.2 Å². The molecule has 0 amide bonds. The van der Waals surface area contributed by atoms with Crippen molar-refractivity contribution in [3.05, 3.63) is 23.9 Å². The van der Waals surface area contributed by atoms with E-state index in [1.807, 2.05) is 6.20 Å². The molecular weight excluding hydrogens is 292 g/mol. The van der Waals surface area contributed by atoms with Crippen LogP contribution in [0.2, 0.25) is 0 Å². The first-order chi connectivity index (χ1) is 8.31. The number of rotatable bonds is 2. The molecule has 2 heterocycles. The van der Waals surface area contributed by atoms with Crippen LogP contribution in [0.15, 0.2) is 18.3 Å². The second-order valence-electron chi connectivity index (χ2n) is 6.14. The van der Waals surface area contributed by atoms with Crippen molar-refractivity contribution in [1.82, 2.24) is 4.98 Å². The Morgan fingerprint density at radius 1 is 1.22 bits per heavy atom. The van der Waals surface area contributed by atoms with E-state index in [0.29, 0.717) is 0 Å². The predicted molar refractivity (Wildman–Crippen MR) is 78.3 cm³/mol. The van der Waals surface area contributed by atoms with Gasteiger partial charge in [-0.1, -0.05) is 22.0 Å². The van der Waals surface area contributed by atoms with Gasteiger partial charge in [-0.2, -0.15) is 0 Å². The fraction of sp³-hybridized carbons (Fsp3) is 0.643. The Hall–Kier alpha value is -0.610. The Morgan fingerprint density at radius 2 is 1.83 bits per heavy atom. The third-order valence-corrected chi connectivity index (χ3v) is 3.63. The fourth-order valence-electron chi connectivity index (χ4n) is 2.63. The monoisotopic (exact) mass is 312 g/mol. The van der Waals surface area contributed by atoms with E-state index in [1.165, 1.54) is 5.56 Å². The van der Waals surface area contributed by atoms with Gasteiger partial charge < -0.3 is 9.64 Å². The number of hydrogen-bond acceptors (Lipinski definition) is 3. The van der Waals surface area contributed by atoms with Gasteiger partial charge in [0.2, 0.25) is 0 Å². The normalized spacial score (nSPS) is 21.9. The van der Waals surface area contributed by atoms with Gasteiger partial charge in [-0.25, -0.2) is 4.98 Å². The summed E-state index contributed by atoms with van der Waals surface area (Å²) in [7, 11) is 0. The molecule has 3 nitrogen and oxygen atoms in total. The highest BCUT2D eigenvalue weighted by molar-refractivity contribution is 9.08. The second-order valence-corrected chi connectivity index (χ2v) is 6.70. The Labute approximate surface area is 118 Å². The van der Waals surface area contributed by atoms with Crippen LogP contribution in [0.5, 0.6) is 0 Å². The van der Waals surface area contributed by atoms with Gasteiger partial charge in [0.05, 0.1) is 11.2 Å². The molecule has 1 fully saturated rings. The summed E-state index contributed by atoms with van der Waals surface area (Å²) in [6, 6.07) is 4.21. The molecule has 0 atom stereocenters. The molecule has 0 bridgehead atoms. The highest BCUT2D eigenvalue weighted by atomic mass is 79.9. The summed E-state index contributed by atoms with van der Waals surface area (Å²) < 4.78 is 6.08. The lowest BCUT2D eigenvalue weighted by Gasteiger charge is -2.47. The van der Waals surface area contributed by atoms with Gasteiger partial charge in [-0.3, -0.25) is 0 Å². The first kappa shape index (κ1) is 13.8. The number of alkyl halides is 1. The van der Waals surface area contributed by atoms with E-state index in [2.05, 4.69) is 65.6 Å². The minimum absolute atomic E-state index is 0.141. The summed E-state index contributed by atoms with van der Waals surface area (Å²) in [5.41, 5.74) is 0.917. The van der Waals surface area contributed by atoms with Crippen LogP contribution < -0.4 is 4.90 Å². The summed E-state index contributed by atoms with van der Waals surface area (Å²) >= 11 is 3.44. The summed E-state index contributed by atoms with van der Waals surface area (Å²) in [6.45, 7) is 10.3. The first-order valence-corrected chi connectivity index (χ1v) is 7.39. The maximum atomic E-state index is 6.08. The molecule has 0 aliphatic carbocycles. The standard InChI is InChI=1S/C14H21BrN2O/c1-13(2)9-17(10-14(3,4)18-13)12-6-5-11(7-15)8-16-12/h5-6,8H,7,9-10H2,1-4H3. The van der Waals surface area contributed by atoms with Gasteiger partial charge in [0.15, 0.2) is 0 Å². The van der Waals surface area contributed by atoms with Crippen molar-refractivity contribution in [2.45, 2.75) is 44.2 Å². The Bertz CT molecular complexity index is 398. The summed E-state index contributed by atoms with van der Waals surface area (Å²) in [5, 5.41) is 0.848. The molecule has 2 rings (SSSR count). The second kappa shape index (κ2) is 4.82. The van der Waals surface area contributed by atoms with E-state index < -0.39 is 0 Å². The number of morpholine rings is 1. The van der Waals surface area contributed by atoms with Crippen molar-refractivity contribution < 1.29 is 4.74 Å². The zero-order valence-electron chi connectivity index (χ0n) is 11.5. The number of hydrogen-bond donors (Lipinski definition) is 0. The molecule has 1 aliphatic rings. The van der Waals surface area contributed by atoms with Crippen LogP contribution in [0.1, 0.15) is 33.3 Å². The Balaban J connectivity index is 2.21. The maximum absolute atomic E-state index is 6.08. The van der Waals surface area contributed by atoms with Crippen LogP contribution in [-0.4, -0.2) is 29.3 Å². The number of halogens is 1. The minimum Gasteiger partial charge on any atom is -0.366 e. The molecule has 0 radical (unpaired) electrons. The molecule has 1 aromatic heterocycles. The predicted octanol–water partition coefficient (Wildman–Crippen LogP) is 3.37.